The minimum absolute atomic E-state index is 0.0624. The van der Waals surface area contributed by atoms with E-state index in [9.17, 15) is 8.42 Å². The van der Waals surface area contributed by atoms with E-state index in [0.29, 0.717) is 10.0 Å². The highest BCUT2D eigenvalue weighted by atomic mass is 32.2. The number of aromatic nitrogens is 4. The quantitative estimate of drug-likeness (QED) is 0.699. The van der Waals surface area contributed by atoms with Crippen molar-refractivity contribution in [2.75, 3.05) is 18.0 Å². The number of nitrogens with zero attached hydrogens (tertiary/aromatic N) is 5. The largest absolute Gasteiger partial charge is 0.355 e. The Morgan fingerprint density at radius 2 is 1.85 bits per heavy atom. The van der Waals surface area contributed by atoms with E-state index >= 15 is 0 Å². The van der Waals surface area contributed by atoms with Crippen molar-refractivity contribution in [1.82, 2.24) is 24.7 Å². The summed E-state index contributed by atoms with van der Waals surface area (Å²) in [7, 11) is -3.42. The second-order valence-electron chi connectivity index (χ2n) is 6.47. The van der Waals surface area contributed by atoms with Crippen LogP contribution in [0.2, 0.25) is 0 Å². The summed E-state index contributed by atoms with van der Waals surface area (Å²) in [6, 6.07) is 9.04. The maximum Gasteiger partial charge on any atom is 0.250 e. The van der Waals surface area contributed by atoms with Gasteiger partial charge in [0.1, 0.15) is 4.21 Å². The number of aryl methyl sites for hydroxylation is 1. The molecule has 8 nitrogen and oxygen atoms in total. The Bertz CT molecular complexity index is 990. The van der Waals surface area contributed by atoms with Crippen LogP contribution in [0.25, 0.3) is 5.82 Å². The summed E-state index contributed by atoms with van der Waals surface area (Å²) in [4.78, 5) is 2.13. The first-order valence-corrected chi connectivity index (χ1v) is 11.0. The topological polar surface area (TPSA) is 93.0 Å². The van der Waals surface area contributed by atoms with Crippen molar-refractivity contribution < 1.29 is 8.42 Å². The molecule has 1 fully saturated rings. The molecule has 1 aliphatic rings. The smallest absolute Gasteiger partial charge is 0.250 e. The van der Waals surface area contributed by atoms with Crippen LogP contribution in [0, 0.1) is 6.92 Å². The molecule has 0 aliphatic carbocycles. The summed E-state index contributed by atoms with van der Waals surface area (Å²) in [6.07, 6.45) is 3.31. The lowest BCUT2D eigenvalue weighted by Crippen LogP contribution is -2.44. The summed E-state index contributed by atoms with van der Waals surface area (Å²) >= 11 is 1.23. The van der Waals surface area contributed by atoms with Crippen LogP contribution in [-0.2, 0) is 10.0 Å². The van der Waals surface area contributed by atoms with E-state index in [0.717, 1.165) is 37.4 Å². The van der Waals surface area contributed by atoms with Crippen LogP contribution < -0.4 is 9.62 Å². The van der Waals surface area contributed by atoms with Gasteiger partial charge in [0, 0.05) is 25.3 Å². The Balaban J connectivity index is 1.36. The molecule has 0 atom stereocenters. The van der Waals surface area contributed by atoms with Gasteiger partial charge < -0.3 is 4.90 Å². The lowest BCUT2D eigenvalue weighted by Gasteiger charge is -2.32. The SMILES string of the molecule is Cc1ccn(-c2ccc(N3CCC(NS(=O)(=O)c4cccs4)CC3)nn2)n1. The summed E-state index contributed by atoms with van der Waals surface area (Å²) in [5.74, 6) is 1.47. The number of hydrogen-bond donors (Lipinski definition) is 1. The number of thiophene rings is 1. The maximum atomic E-state index is 12.3. The zero-order valence-electron chi connectivity index (χ0n) is 14.8. The second-order valence-corrected chi connectivity index (χ2v) is 9.35. The summed E-state index contributed by atoms with van der Waals surface area (Å²) in [5.41, 5.74) is 0.924. The van der Waals surface area contributed by atoms with Gasteiger partial charge in [-0.3, -0.25) is 0 Å². The van der Waals surface area contributed by atoms with Gasteiger partial charge in [0.25, 0.3) is 0 Å². The van der Waals surface area contributed by atoms with E-state index in [4.69, 9.17) is 0 Å². The van der Waals surface area contributed by atoms with Crippen LogP contribution in [0.3, 0.4) is 0 Å². The Hall–Kier alpha value is -2.30. The zero-order valence-corrected chi connectivity index (χ0v) is 16.4. The molecule has 0 unspecified atom stereocenters. The van der Waals surface area contributed by atoms with Crippen molar-refractivity contribution in [1.29, 1.82) is 0 Å². The van der Waals surface area contributed by atoms with Gasteiger partial charge in [0.15, 0.2) is 11.6 Å². The monoisotopic (exact) mass is 404 g/mol. The van der Waals surface area contributed by atoms with Crippen molar-refractivity contribution >= 4 is 27.2 Å². The van der Waals surface area contributed by atoms with E-state index in [1.807, 2.05) is 31.3 Å². The summed E-state index contributed by atoms with van der Waals surface area (Å²) < 4.78 is 29.5. The second kappa shape index (κ2) is 7.37. The highest BCUT2D eigenvalue weighted by Gasteiger charge is 2.25. The first-order valence-electron chi connectivity index (χ1n) is 8.68. The first kappa shape index (κ1) is 18.1. The van der Waals surface area contributed by atoms with E-state index in [1.54, 1.807) is 22.2 Å². The summed E-state index contributed by atoms with van der Waals surface area (Å²) in [6.45, 7) is 3.38. The number of rotatable bonds is 5. The third-order valence-electron chi connectivity index (χ3n) is 4.49. The normalized spacial score (nSPS) is 16.0. The Labute approximate surface area is 161 Å². The van der Waals surface area contributed by atoms with E-state index in [-0.39, 0.29) is 6.04 Å². The van der Waals surface area contributed by atoms with E-state index in [2.05, 4.69) is 24.9 Å². The van der Waals surface area contributed by atoms with Gasteiger partial charge in [0.05, 0.1) is 5.69 Å². The summed E-state index contributed by atoms with van der Waals surface area (Å²) in [5, 5.41) is 14.6. The fourth-order valence-electron chi connectivity index (χ4n) is 3.07. The molecule has 1 aliphatic heterocycles. The van der Waals surface area contributed by atoms with Gasteiger partial charge in [0.2, 0.25) is 10.0 Å². The molecule has 1 saturated heterocycles. The fourth-order valence-corrected chi connectivity index (χ4v) is 5.39. The van der Waals surface area contributed by atoms with Crippen LogP contribution in [0.5, 0.6) is 0 Å². The highest BCUT2D eigenvalue weighted by Crippen LogP contribution is 2.21. The standard InChI is InChI=1S/C17H20N6O2S2/c1-13-6-11-23(20-13)16-5-4-15(18-19-16)22-9-7-14(8-10-22)21-27(24,25)17-3-2-12-26-17/h2-6,11-12,14,21H,7-10H2,1H3. The molecule has 0 radical (unpaired) electrons. The first-order chi connectivity index (χ1) is 13.0. The molecule has 10 heteroatoms. The number of nitrogens with one attached hydrogen (secondary N) is 1. The molecule has 3 aromatic rings. The Morgan fingerprint density at radius 1 is 1.11 bits per heavy atom. The van der Waals surface area contributed by atoms with Crippen LogP contribution in [0.4, 0.5) is 5.82 Å². The molecule has 27 heavy (non-hydrogen) atoms. The van der Waals surface area contributed by atoms with Crippen molar-refractivity contribution in [3.8, 4) is 5.82 Å². The van der Waals surface area contributed by atoms with Crippen molar-refractivity contribution in [3.63, 3.8) is 0 Å². The average molecular weight is 405 g/mol. The zero-order chi connectivity index (χ0) is 18.9. The molecule has 4 heterocycles. The van der Waals surface area contributed by atoms with Crippen molar-refractivity contribution in [3.05, 3.63) is 47.6 Å². The lowest BCUT2D eigenvalue weighted by atomic mass is 10.1. The molecule has 0 bridgehead atoms. The fraction of sp³-hybridized carbons (Fsp3) is 0.353. The molecule has 142 valence electrons. The molecule has 0 saturated carbocycles. The molecule has 1 N–H and O–H groups in total. The lowest BCUT2D eigenvalue weighted by molar-refractivity contribution is 0.458. The molecular formula is C17H20N6O2S2. The minimum atomic E-state index is -3.42. The van der Waals surface area contributed by atoms with Crippen LogP contribution >= 0.6 is 11.3 Å². The molecule has 0 spiro atoms. The minimum Gasteiger partial charge on any atom is -0.355 e. The third kappa shape index (κ3) is 4.02. The molecule has 4 rings (SSSR count). The third-order valence-corrected chi connectivity index (χ3v) is 7.41. The van der Waals surface area contributed by atoms with Crippen LogP contribution in [-0.4, -0.2) is 47.5 Å². The predicted octanol–water partition coefficient (Wildman–Crippen LogP) is 1.98. The Kier molecular flexibility index (Phi) is 4.94. The van der Waals surface area contributed by atoms with Gasteiger partial charge in [-0.15, -0.1) is 21.5 Å². The van der Waals surface area contributed by atoms with Gasteiger partial charge in [-0.2, -0.15) is 5.10 Å². The van der Waals surface area contributed by atoms with Crippen LogP contribution in [0.1, 0.15) is 18.5 Å². The van der Waals surface area contributed by atoms with Gasteiger partial charge in [-0.1, -0.05) is 6.07 Å². The highest BCUT2D eigenvalue weighted by molar-refractivity contribution is 7.91. The van der Waals surface area contributed by atoms with E-state index in [1.165, 1.54) is 11.3 Å². The van der Waals surface area contributed by atoms with Gasteiger partial charge in [-0.25, -0.2) is 17.8 Å². The number of sulfonamides is 1. The Morgan fingerprint density at radius 3 is 2.44 bits per heavy atom. The molecule has 0 amide bonds. The maximum absolute atomic E-state index is 12.3. The number of piperidine rings is 1. The van der Waals surface area contributed by atoms with Crippen molar-refractivity contribution in [2.24, 2.45) is 0 Å². The average Bonchev–Trinajstić information content (AvgIpc) is 3.34. The number of anilines is 1. The van der Waals surface area contributed by atoms with Gasteiger partial charge >= 0.3 is 0 Å². The molecule has 3 aromatic heterocycles. The van der Waals surface area contributed by atoms with Crippen molar-refractivity contribution in [2.45, 2.75) is 30.0 Å². The van der Waals surface area contributed by atoms with Crippen LogP contribution in [0.15, 0.2) is 46.1 Å². The van der Waals surface area contributed by atoms with Gasteiger partial charge in [-0.05, 0) is 49.4 Å². The number of hydrogen-bond acceptors (Lipinski definition) is 7. The predicted molar refractivity (Wildman–Crippen MR) is 104 cm³/mol. The molecular weight excluding hydrogens is 384 g/mol. The van der Waals surface area contributed by atoms with E-state index < -0.39 is 10.0 Å². The molecule has 0 aromatic carbocycles.